The van der Waals surface area contributed by atoms with Crippen LogP contribution in [0.5, 0.6) is 11.5 Å². The van der Waals surface area contributed by atoms with Crippen molar-refractivity contribution in [2.24, 2.45) is 0 Å². The normalized spacial score (nSPS) is 15.1. The fourth-order valence-electron chi connectivity index (χ4n) is 2.54. The third kappa shape index (κ3) is 2.19. The summed E-state index contributed by atoms with van der Waals surface area (Å²) in [6.07, 6.45) is 1.70. The Morgan fingerprint density at radius 3 is 2.18 bits per heavy atom. The van der Waals surface area contributed by atoms with Gasteiger partial charge in [0.25, 0.3) is 0 Å². The maximum Gasteiger partial charge on any atom is 0.234 e. The molecule has 22 heavy (non-hydrogen) atoms. The highest BCUT2D eigenvalue weighted by molar-refractivity contribution is 6.64. The minimum Gasteiger partial charge on any atom is -0.493 e. The highest BCUT2D eigenvalue weighted by atomic mass is 16.5. The molecule has 0 spiro atoms. The van der Waals surface area contributed by atoms with Crippen LogP contribution < -0.4 is 9.47 Å². The van der Waals surface area contributed by atoms with Gasteiger partial charge in [-0.2, -0.15) is 0 Å². The maximum atomic E-state index is 12.2. The molecule has 0 N–H and O–H groups in total. The summed E-state index contributed by atoms with van der Waals surface area (Å²) in [6.45, 7) is 0. The molecule has 0 amide bonds. The van der Waals surface area contributed by atoms with Crippen molar-refractivity contribution in [2.45, 2.75) is 0 Å². The number of ketones is 2. The molecule has 1 aliphatic rings. The van der Waals surface area contributed by atoms with Crippen LogP contribution in [-0.4, -0.2) is 25.8 Å². The fourth-order valence-corrected chi connectivity index (χ4v) is 2.54. The molecule has 110 valence electrons. The van der Waals surface area contributed by atoms with Crippen LogP contribution in [0.15, 0.2) is 42.5 Å². The van der Waals surface area contributed by atoms with Crippen LogP contribution in [-0.2, 0) is 4.79 Å². The van der Waals surface area contributed by atoms with E-state index in [1.165, 1.54) is 0 Å². The van der Waals surface area contributed by atoms with E-state index in [1.54, 1.807) is 50.6 Å². The Bertz CT molecular complexity index is 802. The van der Waals surface area contributed by atoms with Crippen molar-refractivity contribution in [3.05, 3.63) is 59.2 Å². The third-order valence-electron chi connectivity index (χ3n) is 3.63. The number of benzene rings is 2. The lowest BCUT2D eigenvalue weighted by Gasteiger charge is -2.08. The fraction of sp³-hybridized carbons (Fsp3) is 0.111. The van der Waals surface area contributed by atoms with Crippen LogP contribution in [0.1, 0.15) is 21.5 Å². The molecule has 0 aromatic heterocycles. The molecule has 3 rings (SSSR count). The molecule has 0 bridgehead atoms. The molecule has 0 fully saturated rings. The average molecular weight is 294 g/mol. The summed E-state index contributed by atoms with van der Waals surface area (Å²) in [5, 5.41) is 0. The Hall–Kier alpha value is -2.88. The van der Waals surface area contributed by atoms with Crippen LogP contribution in [0.2, 0.25) is 0 Å². The first-order valence-corrected chi connectivity index (χ1v) is 6.78. The molecule has 0 atom stereocenters. The van der Waals surface area contributed by atoms with Gasteiger partial charge in [-0.05, 0) is 29.3 Å². The third-order valence-corrected chi connectivity index (χ3v) is 3.63. The van der Waals surface area contributed by atoms with E-state index in [1.807, 2.05) is 12.1 Å². The van der Waals surface area contributed by atoms with Crippen LogP contribution in [0.25, 0.3) is 11.6 Å². The summed E-state index contributed by atoms with van der Waals surface area (Å²) < 4.78 is 10.4. The molecule has 4 heteroatoms. The Morgan fingerprint density at radius 1 is 0.818 bits per heavy atom. The van der Waals surface area contributed by atoms with Crippen LogP contribution in [0, 0.1) is 0 Å². The van der Waals surface area contributed by atoms with Crippen molar-refractivity contribution in [1.82, 2.24) is 0 Å². The van der Waals surface area contributed by atoms with Crippen molar-refractivity contribution in [3.8, 4) is 11.5 Å². The van der Waals surface area contributed by atoms with E-state index in [0.29, 0.717) is 28.2 Å². The molecule has 0 saturated heterocycles. The predicted molar refractivity (Wildman–Crippen MR) is 83.2 cm³/mol. The van der Waals surface area contributed by atoms with E-state index in [9.17, 15) is 9.59 Å². The number of rotatable bonds is 3. The minimum absolute atomic E-state index is 0.410. The van der Waals surface area contributed by atoms with Gasteiger partial charge in [-0.25, -0.2) is 0 Å². The lowest BCUT2D eigenvalue weighted by molar-refractivity contribution is -0.109. The van der Waals surface area contributed by atoms with Gasteiger partial charge in [0.15, 0.2) is 11.5 Å². The van der Waals surface area contributed by atoms with E-state index >= 15 is 0 Å². The second kappa shape index (κ2) is 5.48. The molecule has 0 heterocycles. The second-order valence-electron chi connectivity index (χ2n) is 4.88. The summed E-state index contributed by atoms with van der Waals surface area (Å²) in [6, 6.07) is 12.4. The van der Waals surface area contributed by atoms with Gasteiger partial charge in [-0.1, -0.05) is 30.3 Å². The van der Waals surface area contributed by atoms with Crippen LogP contribution in [0.3, 0.4) is 0 Å². The first kappa shape index (κ1) is 14.1. The number of carbonyl (C=O) groups excluding carboxylic acids is 2. The van der Waals surface area contributed by atoms with E-state index in [-0.39, 0.29) is 0 Å². The van der Waals surface area contributed by atoms with E-state index in [4.69, 9.17) is 9.47 Å². The summed E-state index contributed by atoms with van der Waals surface area (Å²) in [5.41, 5.74) is 2.31. The topological polar surface area (TPSA) is 52.6 Å². The van der Waals surface area contributed by atoms with Crippen molar-refractivity contribution in [2.75, 3.05) is 14.2 Å². The van der Waals surface area contributed by atoms with Gasteiger partial charge in [-0.3, -0.25) is 9.59 Å². The zero-order valence-electron chi connectivity index (χ0n) is 12.3. The van der Waals surface area contributed by atoms with E-state index in [2.05, 4.69) is 0 Å². The van der Waals surface area contributed by atoms with Gasteiger partial charge in [0.2, 0.25) is 11.6 Å². The Kier molecular flexibility index (Phi) is 3.51. The Labute approximate surface area is 128 Å². The van der Waals surface area contributed by atoms with E-state index < -0.39 is 11.6 Å². The molecular formula is C18H14O4. The number of ether oxygens (including phenoxy) is 2. The SMILES string of the molecule is COc1ccc(C=C2C(=O)C(=O)c3ccccc32)cc1OC. The smallest absolute Gasteiger partial charge is 0.234 e. The molecule has 4 nitrogen and oxygen atoms in total. The first-order valence-electron chi connectivity index (χ1n) is 6.78. The maximum absolute atomic E-state index is 12.2. The summed E-state index contributed by atoms with van der Waals surface area (Å²) in [5.74, 6) is 0.249. The minimum atomic E-state index is -0.476. The van der Waals surface area contributed by atoms with Crippen LogP contribution >= 0.6 is 0 Å². The number of hydrogen-bond acceptors (Lipinski definition) is 4. The number of fused-ring (bicyclic) bond motifs is 1. The van der Waals surface area contributed by atoms with Gasteiger partial charge >= 0.3 is 0 Å². The van der Waals surface area contributed by atoms with Crippen molar-refractivity contribution >= 4 is 23.2 Å². The molecule has 0 aliphatic heterocycles. The average Bonchev–Trinajstić information content (AvgIpc) is 2.80. The van der Waals surface area contributed by atoms with Gasteiger partial charge in [-0.15, -0.1) is 0 Å². The number of Topliss-reactive ketones (excluding diaryl/α,β-unsaturated/α-hetero) is 2. The molecule has 1 aliphatic carbocycles. The highest BCUT2D eigenvalue weighted by Crippen LogP contribution is 2.33. The second-order valence-corrected chi connectivity index (χ2v) is 4.88. The zero-order chi connectivity index (χ0) is 15.7. The molecule has 2 aromatic rings. The van der Waals surface area contributed by atoms with Gasteiger partial charge < -0.3 is 9.47 Å². The molecule has 0 radical (unpaired) electrons. The number of methoxy groups -OCH3 is 2. The number of allylic oxidation sites excluding steroid dienone is 1. The summed E-state index contributed by atoms with van der Waals surface area (Å²) in [7, 11) is 3.11. The first-order chi connectivity index (χ1) is 10.7. The van der Waals surface area contributed by atoms with Crippen molar-refractivity contribution in [1.29, 1.82) is 0 Å². The van der Waals surface area contributed by atoms with Crippen molar-refractivity contribution < 1.29 is 19.1 Å². The summed E-state index contributed by atoms with van der Waals surface area (Å²) >= 11 is 0. The Morgan fingerprint density at radius 2 is 1.50 bits per heavy atom. The molecule has 0 saturated carbocycles. The lowest BCUT2D eigenvalue weighted by atomic mass is 10.0. The highest BCUT2D eigenvalue weighted by Gasteiger charge is 2.32. The standard InChI is InChI=1S/C18H14O4/c1-21-15-8-7-11(10-16(15)22-2)9-14-12-5-3-4-6-13(12)17(19)18(14)20/h3-10H,1-2H3. The molecular weight excluding hydrogens is 280 g/mol. The number of hydrogen-bond donors (Lipinski definition) is 0. The van der Waals surface area contributed by atoms with Gasteiger partial charge in [0.1, 0.15) is 0 Å². The lowest BCUT2D eigenvalue weighted by Crippen LogP contribution is -2.05. The van der Waals surface area contributed by atoms with Crippen LogP contribution in [0.4, 0.5) is 0 Å². The van der Waals surface area contributed by atoms with Gasteiger partial charge in [0.05, 0.1) is 14.2 Å². The van der Waals surface area contributed by atoms with Gasteiger partial charge in [0, 0.05) is 11.1 Å². The summed E-state index contributed by atoms with van der Waals surface area (Å²) in [4.78, 5) is 24.2. The number of carbonyl (C=O) groups is 2. The predicted octanol–water partition coefficient (Wildman–Crippen LogP) is 3.01. The molecule has 2 aromatic carbocycles. The largest absolute Gasteiger partial charge is 0.493 e. The van der Waals surface area contributed by atoms with Crippen molar-refractivity contribution in [3.63, 3.8) is 0 Å². The van der Waals surface area contributed by atoms with E-state index in [0.717, 1.165) is 5.56 Å². The quantitative estimate of drug-likeness (QED) is 0.645. The Balaban J connectivity index is 2.10. The monoisotopic (exact) mass is 294 g/mol. The zero-order valence-corrected chi connectivity index (χ0v) is 12.3. The molecule has 0 unspecified atom stereocenters.